The topological polar surface area (TPSA) is 66.4 Å². The minimum atomic E-state index is -0.473. The van der Waals surface area contributed by atoms with Gasteiger partial charge in [0.1, 0.15) is 12.9 Å². The lowest BCUT2D eigenvalue weighted by Gasteiger charge is -2.14. The van der Waals surface area contributed by atoms with Crippen LogP contribution in [0.25, 0.3) is 0 Å². The average Bonchev–Trinajstić information content (AvgIpc) is 2.60. The number of halogens is 1. The van der Waals surface area contributed by atoms with Crippen LogP contribution >= 0.6 is 22.6 Å². The van der Waals surface area contributed by atoms with Gasteiger partial charge in [-0.05, 0) is 46.9 Å². The third-order valence-corrected chi connectivity index (χ3v) is 4.07. The molecule has 126 valence electrons. The van der Waals surface area contributed by atoms with E-state index in [1.54, 1.807) is 24.3 Å². The van der Waals surface area contributed by atoms with Gasteiger partial charge in [0.2, 0.25) is 0 Å². The molecular weight excluding hydrogens is 425 g/mol. The predicted octanol–water partition coefficient (Wildman–Crippen LogP) is 3.51. The number of esters is 1. The van der Waals surface area contributed by atoms with Crippen LogP contribution in [0.4, 0.5) is 0 Å². The molecule has 2 aromatic rings. The quantitative estimate of drug-likeness (QED) is 0.226. The van der Waals surface area contributed by atoms with Gasteiger partial charge in [-0.2, -0.15) is 0 Å². The van der Waals surface area contributed by atoms with E-state index in [9.17, 15) is 4.79 Å². The van der Waals surface area contributed by atoms with Gasteiger partial charge in [0.15, 0.2) is 11.5 Å². The molecule has 2 aromatic carbocycles. The van der Waals surface area contributed by atoms with E-state index in [0.717, 1.165) is 3.57 Å². The molecule has 0 fully saturated rings. The summed E-state index contributed by atoms with van der Waals surface area (Å²) in [5.41, 5.74) is 0.917. The molecule has 0 saturated heterocycles. The summed E-state index contributed by atoms with van der Waals surface area (Å²) in [5, 5.41) is 3.73. The Morgan fingerprint density at radius 3 is 2.38 bits per heavy atom. The van der Waals surface area contributed by atoms with Crippen molar-refractivity contribution < 1.29 is 23.8 Å². The maximum absolute atomic E-state index is 12.4. The molecule has 0 radical (unpaired) electrons. The fourth-order valence-electron chi connectivity index (χ4n) is 2.03. The number of rotatable bonds is 6. The highest BCUT2D eigenvalue weighted by molar-refractivity contribution is 14.1. The Hall–Kier alpha value is -2.29. The third kappa shape index (κ3) is 3.97. The Morgan fingerprint density at radius 1 is 1.04 bits per heavy atom. The Balaban J connectivity index is 2.44. The molecular formula is C17H16INO5. The normalized spacial score (nSPS) is 10.5. The molecule has 2 rings (SSSR count). The highest BCUT2D eigenvalue weighted by atomic mass is 127. The molecule has 0 aliphatic rings. The van der Waals surface area contributed by atoms with Crippen molar-refractivity contribution in [3.05, 3.63) is 51.1 Å². The predicted molar refractivity (Wildman–Crippen MR) is 98.3 cm³/mol. The van der Waals surface area contributed by atoms with Crippen molar-refractivity contribution in [2.75, 3.05) is 21.3 Å². The number of benzene rings is 2. The summed E-state index contributed by atoms with van der Waals surface area (Å²) in [6.07, 6.45) is 1.40. The number of oxime groups is 1. The van der Waals surface area contributed by atoms with Gasteiger partial charge in [-0.25, -0.2) is 4.79 Å². The van der Waals surface area contributed by atoms with Gasteiger partial charge >= 0.3 is 5.97 Å². The van der Waals surface area contributed by atoms with Crippen molar-refractivity contribution in [1.82, 2.24) is 0 Å². The molecule has 0 spiro atoms. The Bertz CT molecular complexity index is 761. The van der Waals surface area contributed by atoms with Crippen molar-refractivity contribution in [2.45, 2.75) is 0 Å². The van der Waals surface area contributed by atoms with Crippen LogP contribution in [0.1, 0.15) is 15.9 Å². The molecule has 0 saturated carbocycles. The second-order valence-corrected chi connectivity index (χ2v) is 5.66. The van der Waals surface area contributed by atoms with E-state index in [1.165, 1.54) is 27.5 Å². The lowest BCUT2D eigenvalue weighted by molar-refractivity contribution is 0.0733. The first-order valence-corrected chi connectivity index (χ1v) is 7.98. The van der Waals surface area contributed by atoms with Crippen molar-refractivity contribution in [3.63, 3.8) is 0 Å². The molecule has 7 heteroatoms. The minimum absolute atomic E-state index is 0.290. The van der Waals surface area contributed by atoms with Crippen molar-refractivity contribution >= 4 is 34.8 Å². The standard InChI is InChI=1S/C17H16INO5/c1-21-15-9-8-14(12(10-19-23-3)16(15)22-2)24-17(20)11-6-4-5-7-13(11)18/h4-10H,1-3H3/b19-10-. The number of methoxy groups -OCH3 is 2. The Morgan fingerprint density at radius 2 is 1.75 bits per heavy atom. The zero-order valence-corrected chi connectivity index (χ0v) is 15.6. The van der Waals surface area contributed by atoms with E-state index in [1.807, 2.05) is 12.1 Å². The van der Waals surface area contributed by atoms with Crippen LogP contribution in [0.5, 0.6) is 17.2 Å². The number of carbonyl (C=O) groups is 1. The van der Waals surface area contributed by atoms with Crippen LogP contribution in [-0.4, -0.2) is 33.5 Å². The summed E-state index contributed by atoms with van der Waals surface area (Å²) in [7, 11) is 4.43. The number of ether oxygens (including phenoxy) is 3. The highest BCUT2D eigenvalue weighted by Gasteiger charge is 2.19. The summed E-state index contributed by atoms with van der Waals surface area (Å²) in [6, 6.07) is 10.4. The van der Waals surface area contributed by atoms with E-state index in [2.05, 4.69) is 27.7 Å². The molecule has 0 unspecified atom stereocenters. The molecule has 0 atom stereocenters. The molecule has 0 heterocycles. The number of hydrogen-bond acceptors (Lipinski definition) is 6. The smallest absolute Gasteiger partial charge is 0.344 e. The van der Waals surface area contributed by atoms with E-state index in [-0.39, 0.29) is 5.75 Å². The fraction of sp³-hybridized carbons (Fsp3) is 0.176. The van der Waals surface area contributed by atoms with E-state index >= 15 is 0 Å². The summed E-state index contributed by atoms with van der Waals surface area (Å²) >= 11 is 2.08. The van der Waals surface area contributed by atoms with Gasteiger partial charge in [0.05, 0.1) is 31.6 Å². The average molecular weight is 441 g/mol. The zero-order valence-electron chi connectivity index (χ0n) is 13.4. The van der Waals surface area contributed by atoms with Gasteiger partial charge in [0, 0.05) is 3.57 Å². The first-order chi connectivity index (χ1) is 11.6. The van der Waals surface area contributed by atoms with Crippen LogP contribution in [0.3, 0.4) is 0 Å². The summed E-state index contributed by atoms with van der Waals surface area (Å²) in [5.74, 6) is 0.702. The summed E-state index contributed by atoms with van der Waals surface area (Å²) in [4.78, 5) is 17.2. The van der Waals surface area contributed by atoms with E-state index in [4.69, 9.17) is 19.0 Å². The lowest BCUT2D eigenvalue weighted by Crippen LogP contribution is -2.12. The van der Waals surface area contributed by atoms with Crippen LogP contribution < -0.4 is 14.2 Å². The molecule has 0 bridgehead atoms. The number of carbonyl (C=O) groups excluding carboxylic acids is 1. The summed E-state index contributed by atoms with van der Waals surface area (Å²) in [6.45, 7) is 0. The van der Waals surface area contributed by atoms with Gasteiger partial charge in [-0.15, -0.1) is 0 Å². The molecule has 0 aliphatic carbocycles. The maximum Gasteiger partial charge on any atom is 0.344 e. The van der Waals surface area contributed by atoms with Crippen molar-refractivity contribution in [3.8, 4) is 17.2 Å². The first-order valence-electron chi connectivity index (χ1n) is 6.90. The van der Waals surface area contributed by atoms with Crippen LogP contribution in [0, 0.1) is 3.57 Å². The van der Waals surface area contributed by atoms with E-state index < -0.39 is 5.97 Å². The molecule has 0 aliphatic heterocycles. The summed E-state index contributed by atoms with van der Waals surface area (Å²) < 4.78 is 16.9. The maximum atomic E-state index is 12.4. The first kappa shape index (κ1) is 18.1. The highest BCUT2D eigenvalue weighted by Crippen LogP contribution is 2.36. The minimum Gasteiger partial charge on any atom is -0.493 e. The molecule has 0 N–H and O–H groups in total. The second-order valence-electron chi connectivity index (χ2n) is 4.50. The lowest BCUT2D eigenvalue weighted by atomic mass is 10.1. The molecule has 24 heavy (non-hydrogen) atoms. The Labute approximate surface area is 153 Å². The largest absolute Gasteiger partial charge is 0.493 e. The van der Waals surface area contributed by atoms with Crippen molar-refractivity contribution in [1.29, 1.82) is 0 Å². The zero-order chi connectivity index (χ0) is 17.5. The fourth-order valence-corrected chi connectivity index (χ4v) is 2.64. The molecule has 0 amide bonds. The van der Waals surface area contributed by atoms with Gasteiger partial charge < -0.3 is 19.0 Å². The van der Waals surface area contributed by atoms with Crippen LogP contribution in [0.15, 0.2) is 41.6 Å². The van der Waals surface area contributed by atoms with Gasteiger partial charge in [-0.1, -0.05) is 17.3 Å². The third-order valence-electron chi connectivity index (χ3n) is 3.13. The number of nitrogens with zero attached hydrogens (tertiary/aromatic N) is 1. The second kappa shape index (κ2) is 8.53. The van der Waals surface area contributed by atoms with Gasteiger partial charge in [-0.3, -0.25) is 0 Å². The van der Waals surface area contributed by atoms with Crippen LogP contribution in [0.2, 0.25) is 0 Å². The molecule has 0 aromatic heterocycles. The van der Waals surface area contributed by atoms with Gasteiger partial charge in [0.25, 0.3) is 0 Å². The van der Waals surface area contributed by atoms with Crippen molar-refractivity contribution in [2.24, 2.45) is 5.16 Å². The SMILES string of the molecule is CO/N=C\c1c(OC(=O)c2ccccc2I)ccc(OC)c1OC. The van der Waals surface area contributed by atoms with Crippen LogP contribution in [-0.2, 0) is 4.84 Å². The van der Waals surface area contributed by atoms with E-state index in [0.29, 0.717) is 22.6 Å². The monoisotopic (exact) mass is 441 g/mol. The molecule has 6 nitrogen and oxygen atoms in total. The number of hydrogen-bond donors (Lipinski definition) is 0. The Kier molecular flexibility index (Phi) is 6.42.